The molecule has 2 heteroatoms. The Kier molecular flexibility index (Phi) is 5.91. The molecule has 0 aliphatic heterocycles. The smallest absolute Gasteiger partial charge is 0.143 e. The van der Waals surface area contributed by atoms with Crippen molar-refractivity contribution in [1.29, 1.82) is 0 Å². The third kappa shape index (κ3) is 4.06. The molecule has 0 atom stereocenters. The van der Waals surface area contributed by atoms with Crippen LogP contribution in [0.4, 0.5) is 0 Å². The van der Waals surface area contributed by atoms with Crippen LogP contribution in [0.3, 0.4) is 0 Å². The van der Waals surface area contributed by atoms with Gasteiger partial charge in [0.2, 0.25) is 0 Å². The van der Waals surface area contributed by atoms with Crippen LogP contribution in [0.25, 0.3) is 99.2 Å². The van der Waals surface area contributed by atoms with Crippen molar-refractivity contribution >= 4 is 54.5 Å². The molecular weight excluding hydrogens is 585 g/mol. The van der Waals surface area contributed by atoms with Gasteiger partial charge in [-0.05, 0) is 73.6 Å². The van der Waals surface area contributed by atoms with Gasteiger partial charge in [0.1, 0.15) is 22.5 Å². The Morgan fingerprint density at radius 2 is 0.917 bits per heavy atom. The molecule has 10 aromatic rings. The van der Waals surface area contributed by atoms with Gasteiger partial charge in [0.05, 0.1) is 0 Å². The predicted molar refractivity (Wildman–Crippen MR) is 200 cm³/mol. The Labute approximate surface area is 277 Å². The van der Waals surface area contributed by atoms with E-state index in [1.807, 2.05) is 18.2 Å². The van der Waals surface area contributed by atoms with E-state index >= 15 is 0 Å². The molecular formula is C46H28O2. The highest BCUT2D eigenvalue weighted by molar-refractivity contribution is 6.26. The van der Waals surface area contributed by atoms with Crippen molar-refractivity contribution in [3.8, 4) is 44.7 Å². The van der Waals surface area contributed by atoms with Crippen LogP contribution >= 0.6 is 0 Å². The highest BCUT2D eigenvalue weighted by Crippen LogP contribution is 2.47. The van der Waals surface area contributed by atoms with Crippen molar-refractivity contribution < 1.29 is 8.83 Å². The van der Waals surface area contributed by atoms with E-state index in [1.165, 1.54) is 43.8 Å². The average molecular weight is 613 g/mol. The van der Waals surface area contributed by atoms with Crippen LogP contribution in [-0.2, 0) is 0 Å². The zero-order valence-electron chi connectivity index (χ0n) is 26.0. The molecule has 0 spiro atoms. The molecule has 0 radical (unpaired) electrons. The zero-order chi connectivity index (χ0) is 31.6. The first-order chi connectivity index (χ1) is 23.8. The monoisotopic (exact) mass is 612 g/mol. The average Bonchev–Trinajstić information content (AvgIpc) is 3.76. The number of fused-ring (bicyclic) bond motifs is 6. The van der Waals surface area contributed by atoms with Gasteiger partial charge in [0.15, 0.2) is 0 Å². The van der Waals surface area contributed by atoms with Crippen molar-refractivity contribution in [3.05, 3.63) is 170 Å². The fourth-order valence-electron chi connectivity index (χ4n) is 7.57. The summed E-state index contributed by atoms with van der Waals surface area (Å²) in [5.74, 6) is 0.868. The molecule has 2 nitrogen and oxygen atoms in total. The minimum Gasteiger partial charge on any atom is -0.456 e. The summed E-state index contributed by atoms with van der Waals surface area (Å²) in [6.45, 7) is 0. The maximum atomic E-state index is 6.78. The molecule has 2 aromatic heterocycles. The largest absolute Gasteiger partial charge is 0.456 e. The Hall–Kier alpha value is -6.38. The van der Waals surface area contributed by atoms with Gasteiger partial charge >= 0.3 is 0 Å². The molecule has 0 amide bonds. The highest BCUT2D eigenvalue weighted by Gasteiger charge is 2.21. The summed E-state index contributed by atoms with van der Waals surface area (Å²) in [5, 5.41) is 8.25. The van der Waals surface area contributed by atoms with E-state index in [2.05, 4.69) is 152 Å². The SMILES string of the molecule is c1ccc(-c2cc3cc(-c4cccc5c4oc4cccc(-c6c7ccccc7c(-c7ccccc7)c7ccccc67)c45)ccc3o2)cc1. The van der Waals surface area contributed by atoms with E-state index in [9.17, 15) is 0 Å². The number of rotatable bonds is 4. The molecule has 0 bridgehead atoms. The van der Waals surface area contributed by atoms with Crippen molar-refractivity contribution in [1.82, 2.24) is 0 Å². The van der Waals surface area contributed by atoms with Crippen molar-refractivity contribution in [2.24, 2.45) is 0 Å². The quantitative estimate of drug-likeness (QED) is 0.185. The van der Waals surface area contributed by atoms with Crippen LogP contribution in [0.15, 0.2) is 179 Å². The van der Waals surface area contributed by atoms with E-state index in [4.69, 9.17) is 8.83 Å². The molecule has 224 valence electrons. The van der Waals surface area contributed by atoms with E-state index in [-0.39, 0.29) is 0 Å². The molecule has 0 N–H and O–H groups in total. The minimum atomic E-state index is 0.868. The number of benzene rings is 8. The summed E-state index contributed by atoms with van der Waals surface area (Å²) in [6.07, 6.45) is 0. The summed E-state index contributed by atoms with van der Waals surface area (Å²) >= 11 is 0. The Balaban J connectivity index is 1.22. The number of para-hydroxylation sites is 1. The maximum Gasteiger partial charge on any atom is 0.143 e. The van der Waals surface area contributed by atoms with Crippen LogP contribution < -0.4 is 0 Å². The zero-order valence-corrected chi connectivity index (χ0v) is 26.0. The van der Waals surface area contributed by atoms with Crippen LogP contribution in [-0.4, -0.2) is 0 Å². The lowest BCUT2D eigenvalue weighted by Crippen LogP contribution is -1.91. The predicted octanol–water partition coefficient (Wildman–Crippen LogP) is 13.3. The summed E-state index contributed by atoms with van der Waals surface area (Å²) in [4.78, 5) is 0. The first-order valence-electron chi connectivity index (χ1n) is 16.3. The van der Waals surface area contributed by atoms with Crippen LogP contribution in [0, 0.1) is 0 Å². The standard InChI is InChI=1S/C46H28O2/c1-3-13-29(14-4-1)42-28-32-27-31(25-26-40(32)47-42)33-21-11-23-39-45-38(22-12-24-41(45)48-46(33)39)44-36-19-9-7-17-34(36)43(30-15-5-2-6-16-30)35-18-8-10-20-37(35)44/h1-28H. The molecule has 8 aromatic carbocycles. The van der Waals surface area contributed by atoms with Crippen LogP contribution in [0.1, 0.15) is 0 Å². The van der Waals surface area contributed by atoms with Gasteiger partial charge in [-0.25, -0.2) is 0 Å². The molecule has 0 aliphatic carbocycles. The van der Waals surface area contributed by atoms with E-state index in [1.54, 1.807) is 0 Å². The first kappa shape index (κ1) is 26.8. The van der Waals surface area contributed by atoms with Gasteiger partial charge in [-0.2, -0.15) is 0 Å². The van der Waals surface area contributed by atoms with Gasteiger partial charge in [0, 0.05) is 27.3 Å². The van der Waals surface area contributed by atoms with Gasteiger partial charge < -0.3 is 8.83 Å². The lowest BCUT2D eigenvalue weighted by molar-refractivity contribution is 0.631. The van der Waals surface area contributed by atoms with Crippen molar-refractivity contribution in [3.63, 3.8) is 0 Å². The van der Waals surface area contributed by atoms with Crippen LogP contribution in [0.5, 0.6) is 0 Å². The van der Waals surface area contributed by atoms with E-state index in [0.29, 0.717) is 0 Å². The molecule has 0 unspecified atom stereocenters. The number of furan rings is 2. The first-order valence-corrected chi connectivity index (χ1v) is 16.3. The van der Waals surface area contributed by atoms with E-state index in [0.717, 1.165) is 55.4 Å². The third-order valence-corrected chi connectivity index (χ3v) is 9.67. The molecule has 0 aliphatic rings. The maximum absolute atomic E-state index is 6.78. The second-order valence-electron chi connectivity index (χ2n) is 12.4. The molecule has 2 heterocycles. The van der Waals surface area contributed by atoms with E-state index < -0.39 is 0 Å². The molecule has 10 rings (SSSR count). The van der Waals surface area contributed by atoms with Crippen molar-refractivity contribution in [2.45, 2.75) is 0 Å². The van der Waals surface area contributed by atoms with Crippen LogP contribution in [0.2, 0.25) is 0 Å². The lowest BCUT2D eigenvalue weighted by atomic mass is 9.85. The molecule has 48 heavy (non-hydrogen) atoms. The fourth-order valence-corrected chi connectivity index (χ4v) is 7.57. The summed E-state index contributed by atoms with van der Waals surface area (Å²) in [5.41, 5.74) is 10.8. The normalized spacial score (nSPS) is 11.8. The molecule has 0 saturated heterocycles. The minimum absolute atomic E-state index is 0.868. The van der Waals surface area contributed by atoms with Crippen molar-refractivity contribution in [2.75, 3.05) is 0 Å². The lowest BCUT2D eigenvalue weighted by Gasteiger charge is -2.18. The third-order valence-electron chi connectivity index (χ3n) is 9.67. The highest BCUT2D eigenvalue weighted by atomic mass is 16.3. The topological polar surface area (TPSA) is 26.3 Å². The second kappa shape index (κ2) is 10.6. The van der Waals surface area contributed by atoms with Gasteiger partial charge in [-0.15, -0.1) is 0 Å². The molecule has 0 fully saturated rings. The Morgan fingerprint density at radius 3 is 1.62 bits per heavy atom. The second-order valence-corrected chi connectivity index (χ2v) is 12.4. The molecule has 0 saturated carbocycles. The van der Waals surface area contributed by atoms with Gasteiger partial charge in [0.25, 0.3) is 0 Å². The van der Waals surface area contributed by atoms with Gasteiger partial charge in [-0.1, -0.05) is 146 Å². The fraction of sp³-hybridized carbons (Fsp3) is 0. The number of hydrogen-bond acceptors (Lipinski definition) is 2. The number of hydrogen-bond donors (Lipinski definition) is 0. The summed E-state index contributed by atoms with van der Waals surface area (Å²) < 4.78 is 13.0. The summed E-state index contributed by atoms with van der Waals surface area (Å²) in [7, 11) is 0. The van der Waals surface area contributed by atoms with Gasteiger partial charge in [-0.3, -0.25) is 0 Å². The Bertz CT molecular complexity index is 2760. The Morgan fingerprint density at radius 1 is 0.333 bits per heavy atom. The summed E-state index contributed by atoms with van der Waals surface area (Å²) in [6, 6.07) is 60.1.